The van der Waals surface area contributed by atoms with Crippen molar-refractivity contribution in [3.05, 3.63) is 29.8 Å². The van der Waals surface area contributed by atoms with Gasteiger partial charge in [0.1, 0.15) is 11.6 Å². The molecule has 1 aromatic heterocycles. The average Bonchev–Trinajstić information content (AvgIpc) is 2.72. The highest BCUT2D eigenvalue weighted by atomic mass is 19.1. The topological polar surface area (TPSA) is 28.7 Å². The first kappa shape index (κ1) is 12.1. The van der Waals surface area contributed by atoms with Crippen molar-refractivity contribution in [3.63, 3.8) is 0 Å². The van der Waals surface area contributed by atoms with Gasteiger partial charge >= 0.3 is 0 Å². The lowest BCUT2D eigenvalue weighted by Crippen LogP contribution is -1.96. The van der Waals surface area contributed by atoms with Gasteiger partial charge in [0.25, 0.3) is 0 Å². The number of aromatic nitrogens is 2. The standard InChI is InChI=1S/C14H19FN2/c1-3-4-5-6-10(2)14-16-12-8-7-11(15)9-13(12)17-14/h7-10H,3-6H2,1-2H3,(H,16,17). The van der Waals surface area contributed by atoms with Crippen LogP contribution in [0.15, 0.2) is 18.2 Å². The van der Waals surface area contributed by atoms with Crippen molar-refractivity contribution < 1.29 is 4.39 Å². The fourth-order valence-corrected chi connectivity index (χ4v) is 2.07. The van der Waals surface area contributed by atoms with Crippen LogP contribution in [-0.2, 0) is 0 Å². The van der Waals surface area contributed by atoms with E-state index in [9.17, 15) is 4.39 Å². The smallest absolute Gasteiger partial charge is 0.125 e. The zero-order chi connectivity index (χ0) is 12.3. The van der Waals surface area contributed by atoms with Crippen LogP contribution in [0.2, 0.25) is 0 Å². The number of benzene rings is 1. The molecule has 0 saturated heterocycles. The third kappa shape index (κ3) is 2.84. The van der Waals surface area contributed by atoms with E-state index in [1.165, 1.54) is 31.4 Å². The Hall–Kier alpha value is -1.38. The third-order valence-corrected chi connectivity index (χ3v) is 3.17. The number of fused-ring (bicyclic) bond motifs is 1. The normalized spacial score (nSPS) is 13.1. The van der Waals surface area contributed by atoms with Gasteiger partial charge in [0.15, 0.2) is 0 Å². The summed E-state index contributed by atoms with van der Waals surface area (Å²) in [5.74, 6) is 1.17. The number of aromatic amines is 1. The number of nitrogens with zero attached hydrogens (tertiary/aromatic N) is 1. The number of nitrogens with one attached hydrogen (secondary N) is 1. The van der Waals surface area contributed by atoms with Crippen molar-refractivity contribution >= 4 is 11.0 Å². The second-order valence-corrected chi connectivity index (χ2v) is 4.68. The van der Waals surface area contributed by atoms with Gasteiger partial charge in [-0.15, -0.1) is 0 Å². The molecule has 0 spiro atoms. The van der Waals surface area contributed by atoms with E-state index < -0.39 is 0 Å². The summed E-state index contributed by atoms with van der Waals surface area (Å²) in [5, 5.41) is 0. The Kier molecular flexibility index (Phi) is 3.77. The van der Waals surface area contributed by atoms with Crippen molar-refractivity contribution in [2.75, 3.05) is 0 Å². The minimum absolute atomic E-state index is 0.216. The summed E-state index contributed by atoms with van der Waals surface area (Å²) in [6.45, 7) is 4.37. The molecule has 1 unspecified atom stereocenters. The van der Waals surface area contributed by atoms with Crippen molar-refractivity contribution in [2.24, 2.45) is 0 Å². The second kappa shape index (κ2) is 5.30. The number of imidazole rings is 1. The number of unbranched alkanes of at least 4 members (excludes halogenated alkanes) is 2. The quantitative estimate of drug-likeness (QED) is 0.764. The van der Waals surface area contributed by atoms with E-state index in [1.807, 2.05) is 0 Å². The second-order valence-electron chi connectivity index (χ2n) is 4.68. The van der Waals surface area contributed by atoms with E-state index in [4.69, 9.17) is 0 Å². The van der Waals surface area contributed by atoms with Crippen LogP contribution in [-0.4, -0.2) is 9.97 Å². The Balaban J connectivity index is 2.12. The maximum atomic E-state index is 13.0. The van der Waals surface area contributed by atoms with Gasteiger partial charge in [0.2, 0.25) is 0 Å². The highest BCUT2D eigenvalue weighted by Crippen LogP contribution is 2.22. The van der Waals surface area contributed by atoms with Crippen LogP contribution in [0.5, 0.6) is 0 Å². The van der Waals surface area contributed by atoms with Crippen LogP contribution in [0, 0.1) is 5.82 Å². The maximum Gasteiger partial charge on any atom is 0.125 e. The summed E-state index contributed by atoms with van der Waals surface area (Å²) < 4.78 is 13.0. The number of hydrogen-bond acceptors (Lipinski definition) is 1. The predicted octanol–water partition coefficient (Wildman–Crippen LogP) is 4.39. The van der Waals surface area contributed by atoms with E-state index in [0.29, 0.717) is 5.92 Å². The highest BCUT2D eigenvalue weighted by Gasteiger charge is 2.10. The Bertz CT molecular complexity index is 490. The molecule has 2 aromatic rings. The fraction of sp³-hybridized carbons (Fsp3) is 0.500. The Morgan fingerprint density at radius 1 is 1.35 bits per heavy atom. The molecule has 0 radical (unpaired) electrons. The molecular formula is C14H19FN2. The molecule has 17 heavy (non-hydrogen) atoms. The highest BCUT2D eigenvalue weighted by molar-refractivity contribution is 5.75. The van der Waals surface area contributed by atoms with Gasteiger partial charge in [-0.25, -0.2) is 9.37 Å². The van der Waals surface area contributed by atoms with Crippen molar-refractivity contribution in [2.45, 2.75) is 45.4 Å². The van der Waals surface area contributed by atoms with Crippen LogP contribution >= 0.6 is 0 Å². The molecule has 0 aliphatic rings. The van der Waals surface area contributed by atoms with Gasteiger partial charge in [0, 0.05) is 5.92 Å². The first-order valence-corrected chi connectivity index (χ1v) is 6.36. The summed E-state index contributed by atoms with van der Waals surface area (Å²) >= 11 is 0. The van der Waals surface area contributed by atoms with Crippen molar-refractivity contribution in [3.8, 4) is 0 Å². The van der Waals surface area contributed by atoms with Crippen LogP contribution in [0.3, 0.4) is 0 Å². The van der Waals surface area contributed by atoms with Crippen LogP contribution in [0.4, 0.5) is 4.39 Å². The number of H-pyrrole nitrogens is 1. The predicted molar refractivity (Wildman–Crippen MR) is 68.6 cm³/mol. The largest absolute Gasteiger partial charge is 0.342 e. The van der Waals surface area contributed by atoms with E-state index in [0.717, 1.165) is 23.3 Å². The SMILES string of the molecule is CCCCCC(C)c1nc2ccc(F)cc2[nH]1. The molecule has 0 fully saturated rings. The lowest BCUT2D eigenvalue weighted by Gasteiger charge is -2.06. The van der Waals surface area contributed by atoms with Crippen molar-refractivity contribution in [1.82, 2.24) is 9.97 Å². The molecule has 3 heteroatoms. The average molecular weight is 234 g/mol. The molecule has 2 rings (SSSR count). The molecule has 0 aliphatic carbocycles. The first-order chi connectivity index (χ1) is 8.20. The summed E-state index contributed by atoms with van der Waals surface area (Å²) in [6, 6.07) is 4.68. The summed E-state index contributed by atoms with van der Waals surface area (Å²) in [7, 11) is 0. The Labute approximate surface area is 101 Å². The third-order valence-electron chi connectivity index (χ3n) is 3.17. The molecule has 2 nitrogen and oxygen atoms in total. The monoisotopic (exact) mass is 234 g/mol. The lowest BCUT2D eigenvalue weighted by molar-refractivity contribution is 0.581. The zero-order valence-corrected chi connectivity index (χ0v) is 10.5. The van der Waals surface area contributed by atoms with Gasteiger partial charge in [0.05, 0.1) is 11.0 Å². The molecule has 0 bridgehead atoms. The summed E-state index contributed by atoms with van der Waals surface area (Å²) in [5.41, 5.74) is 1.64. The van der Waals surface area contributed by atoms with E-state index in [-0.39, 0.29) is 5.82 Å². The summed E-state index contributed by atoms with van der Waals surface area (Å²) in [6.07, 6.45) is 4.86. The summed E-state index contributed by atoms with van der Waals surface area (Å²) in [4.78, 5) is 7.72. The molecule has 0 amide bonds. The molecule has 1 atom stereocenters. The van der Waals surface area contributed by atoms with Gasteiger partial charge in [-0.05, 0) is 24.6 Å². The van der Waals surface area contributed by atoms with Gasteiger partial charge < -0.3 is 4.98 Å². The van der Waals surface area contributed by atoms with Crippen LogP contribution in [0.25, 0.3) is 11.0 Å². The van der Waals surface area contributed by atoms with Gasteiger partial charge in [-0.3, -0.25) is 0 Å². The molecule has 0 aliphatic heterocycles. The van der Waals surface area contributed by atoms with Crippen molar-refractivity contribution in [1.29, 1.82) is 0 Å². The van der Waals surface area contributed by atoms with Crippen LogP contribution in [0.1, 0.15) is 51.3 Å². The van der Waals surface area contributed by atoms with Gasteiger partial charge in [-0.2, -0.15) is 0 Å². The van der Waals surface area contributed by atoms with E-state index >= 15 is 0 Å². The van der Waals surface area contributed by atoms with Gasteiger partial charge in [-0.1, -0.05) is 33.1 Å². The zero-order valence-electron chi connectivity index (χ0n) is 10.5. The number of rotatable bonds is 5. The minimum Gasteiger partial charge on any atom is -0.342 e. The molecule has 0 saturated carbocycles. The molecular weight excluding hydrogens is 215 g/mol. The molecule has 92 valence electrons. The molecule has 1 heterocycles. The first-order valence-electron chi connectivity index (χ1n) is 6.36. The van der Waals surface area contributed by atoms with E-state index in [1.54, 1.807) is 6.07 Å². The lowest BCUT2D eigenvalue weighted by atomic mass is 10.0. The van der Waals surface area contributed by atoms with E-state index in [2.05, 4.69) is 23.8 Å². The Morgan fingerprint density at radius 3 is 2.94 bits per heavy atom. The number of hydrogen-bond donors (Lipinski definition) is 1. The fourth-order valence-electron chi connectivity index (χ4n) is 2.07. The molecule has 1 N–H and O–H groups in total. The number of halogens is 1. The maximum absolute atomic E-state index is 13.0. The van der Waals surface area contributed by atoms with Crippen LogP contribution < -0.4 is 0 Å². The molecule has 1 aromatic carbocycles. The Morgan fingerprint density at radius 2 is 2.18 bits per heavy atom. The minimum atomic E-state index is -0.216.